The number of rotatable bonds is 9. The van der Waals surface area contributed by atoms with Gasteiger partial charge in [0.25, 0.3) is 0 Å². The minimum Gasteiger partial charge on any atom is -0.497 e. The molecule has 0 saturated heterocycles. The molecule has 0 aliphatic carbocycles. The van der Waals surface area contributed by atoms with Crippen molar-refractivity contribution >= 4 is 0 Å². The van der Waals surface area contributed by atoms with Crippen molar-refractivity contribution in [3.63, 3.8) is 0 Å². The van der Waals surface area contributed by atoms with Crippen molar-refractivity contribution < 1.29 is 9.47 Å². The van der Waals surface area contributed by atoms with Crippen molar-refractivity contribution in [2.75, 3.05) is 20.3 Å². The van der Waals surface area contributed by atoms with Gasteiger partial charge in [-0.25, -0.2) is 0 Å². The average molecular weight is 265 g/mol. The fourth-order valence-corrected chi connectivity index (χ4v) is 1.71. The lowest BCUT2D eigenvalue weighted by molar-refractivity contribution is 0.253. The lowest BCUT2D eigenvalue weighted by Gasteiger charge is -2.15. The van der Waals surface area contributed by atoms with Crippen LogP contribution >= 0.6 is 0 Å². The molecule has 19 heavy (non-hydrogen) atoms. The summed E-state index contributed by atoms with van der Waals surface area (Å²) in [7, 11) is 1.69. The maximum Gasteiger partial charge on any atom is 0.124 e. The van der Waals surface area contributed by atoms with Gasteiger partial charge in [0, 0.05) is 12.1 Å². The maximum absolute atomic E-state index is 5.92. The Bertz CT molecular complexity index is 366. The molecule has 1 atom stereocenters. The van der Waals surface area contributed by atoms with E-state index in [1.165, 1.54) is 0 Å². The highest BCUT2D eigenvalue weighted by Gasteiger charge is 2.07. The first-order valence-electron chi connectivity index (χ1n) is 7.21. The first kappa shape index (κ1) is 15.8. The third kappa shape index (κ3) is 5.52. The SMILES string of the molecule is CCCNCc1cc(OC)ccc1OCC(C)CC. The summed E-state index contributed by atoms with van der Waals surface area (Å²) in [6, 6.07) is 6.01. The van der Waals surface area contributed by atoms with E-state index < -0.39 is 0 Å². The largest absolute Gasteiger partial charge is 0.497 e. The zero-order chi connectivity index (χ0) is 14.1. The Morgan fingerprint density at radius 2 is 2.05 bits per heavy atom. The fraction of sp³-hybridized carbons (Fsp3) is 0.625. The molecular formula is C16H27NO2. The topological polar surface area (TPSA) is 30.5 Å². The lowest BCUT2D eigenvalue weighted by Crippen LogP contribution is -2.16. The van der Waals surface area contributed by atoms with Gasteiger partial charge >= 0.3 is 0 Å². The molecule has 0 aliphatic heterocycles. The van der Waals surface area contributed by atoms with Gasteiger partial charge in [-0.05, 0) is 37.1 Å². The summed E-state index contributed by atoms with van der Waals surface area (Å²) in [5, 5.41) is 3.41. The number of methoxy groups -OCH3 is 1. The molecule has 1 aromatic rings. The van der Waals surface area contributed by atoms with Crippen molar-refractivity contribution in [2.24, 2.45) is 5.92 Å². The molecular weight excluding hydrogens is 238 g/mol. The van der Waals surface area contributed by atoms with Crippen molar-refractivity contribution in [3.8, 4) is 11.5 Å². The van der Waals surface area contributed by atoms with Crippen LogP contribution in [0.3, 0.4) is 0 Å². The summed E-state index contributed by atoms with van der Waals surface area (Å²) in [5.41, 5.74) is 1.16. The molecule has 0 bridgehead atoms. The van der Waals surface area contributed by atoms with Crippen molar-refractivity contribution in [2.45, 2.75) is 40.2 Å². The second-order valence-electron chi connectivity index (χ2n) is 4.97. The highest BCUT2D eigenvalue weighted by Crippen LogP contribution is 2.24. The van der Waals surface area contributed by atoms with E-state index in [0.717, 1.165) is 49.6 Å². The Morgan fingerprint density at radius 1 is 1.26 bits per heavy atom. The van der Waals surface area contributed by atoms with E-state index in [1.54, 1.807) is 7.11 Å². The Morgan fingerprint density at radius 3 is 2.68 bits per heavy atom. The number of benzene rings is 1. The van der Waals surface area contributed by atoms with E-state index in [9.17, 15) is 0 Å². The maximum atomic E-state index is 5.92. The third-order valence-corrected chi connectivity index (χ3v) is 3.23. The highest BCUT2D eigenvalue weighted by atomic mass is 16.5. The first-order valence-corrected chi connectivity index (χ1v) is 7.21. The Kier molecular flexibility index (Phi) is 7.34. The zero-order valence-electron chi connectivity index (χ0n) is 12.7. The van der Waals surface area contributed by atoms with Gasteiger partial charge in [-0.3, -0.25) is 0 Å². The third-order valence-electron chi connectivity index (χ3n) is 3.23. The second-order valence-corrected chi connectivity index (χ2v) is 4.97. The van der Waals surface area contributed by atoms with Crippen LogP contribution in [-0.2, 0) is 6.54 Å². The van der Waals surface area contributed by atoms with Crippen LogP contribution in [0.1, 0.15) is 39.2 Å². The Hall–Kier alpha value is -1.22. The molecule has 0 spiro atoms. The molecule has 0 saturated carbocycles. The molecule has 1 N–H and O–H groups in total. The van der Waals surface area contributed by atoms with Crippen molar-refractivity contribution in [1.82, 2.24) is 5.32 Å². The van der Waals surface area contributed by atoms with Crippen LogP contribution in [0, 0.1) is 5.92 Å². The molecule has 1 unspecified atom stereocenters. The summed E-state index contributed by atoms with van der Waals surface area (Å²) in [6.45, 7) is 9.16. The number of hydrogen-bond acceptors (Lipinski definition) is 3. The normalized spacial score (nSPS) is 12.2. The minimum absolute atomic E-state index is 0.582. The summed E-state index contributed by atoms with van der Waals surface area (Å²) in [6.07, 6.45) is 2.27. The average Bonchev–Trinajstić information content (AvgIpc) is 2.45. The lowest BCUT2D eigenvalue weighted by atomic mass is 10.1. The second kappa shape index (κ2) is 8.81. The summed E-state index contributed by atoms with van der Waals surface area (Å²) in [4.78, 5) is 0. The Labute approximate surface area is 117 Å². The van der Waals surface area contributed by atoms with E-state index in [-0.39, 0.29) is 0 Å². The van der Waals surface area contributed by atoms with Crippen molar-refractivity contribution in [3.05, 3.63) is 23.8 Å². The van der Waals surface area contributed by atoms with Crippen LogP contribution in [0.25, 0.3) is 0 Å². The summed E-state index contributed by atoms with van der Waals surface area (Å²) < 4.78 is 11.2. The van der Waals surface area contributed by atoms with Gasteiger partial charge in [0.05, 0.1) is 13.7 Å². The molecule has 0 aliphatic rings. The van der Waals surface area contributed by atoms with Gasteiger partial charge in [0.2, 0.25) is 0 Å². The minimum atomic E-state index is 0.582. The van der Waals surface area contributed by atoms with Gasteiger partial charge in [-0.15, -0.1) is 0 Å². The predicted octanol–water partition coefficient (Wildman–Crippen LogP) is 3.62. The van der Waals surface area contributed by atoms with Crippen LogP contribution in [-0.4, -0.2) is 20.3 Å². The highest BCUT2D eigenvalue weighted by molar-refractivity contribution is 5.40. The van der Waals surface area contributed by atoms with E-state index in [2.05, 4.69) is 32.2 Å². The quantitative estimate of drug-likeness (QED) is 0.692. The predicted molar refractivity (Wildman–Crippen MR) is 79.9 cm³/mol. The van der Waals surface area contributed by atoms with Gasteiger partial charge in [-0.2, -0.15) is 0 Å². The van der Waals surface area contributed by atoms with E-state index >= 15 is 0 Å². The monoisotopic (exact) mass is 265 g/mol. The molecule has 0 aromatic heterocycles. The molecule has 3 nitrogen and oxygen atoms in total. The van der Waals surface area contributed by atoms with Crippen LogP contribution in [0.2, 0.25) is 0 Å². The summed E-state index contributed by atoms with van der Waals surface area (Å²) in [5.74, 6) is 2.42. The van der Waals surface area contributed by atoms with E-state index in [0.29, 0.717) is 5.92 Å². The smallest absolute Gasteiger partial charge is 0.124 e. The van der Waals surface area contributed by atoms with Crippen LogP contribution in [0.5, 0.6) is 11.5 Å². The molecule has 0 radical (unpaired) electrons. The first-order chi connectivity index (χ1) is 9.21. The van der Waals surface area contributed by atoms with Gasteiger partial charge in [0.15, 0.2) is 0 Å². The van der Waals surface area contributed by atoms with Gasteiger partial charge < -0.3 is 14.8 Å². The molecule has 0 heterocycles. The van der Waals surface area contributed by atoms with E-state index in [4.69, 9.17) is 9.47 Å². The number of ether oxygens (including phenoxy) is 2. The van der Waals surface area contributed by atoms with Crippen LogP contribution in [0.15, 0.2) is 18.2 Å². The number of nitrogens with one attached hydrogen (secondary N) is 1. The molecule has 0 amide bonds. The molecule has 3 heteroatoms. The zero-order valence-corrected chi connectivity index (χ0v) is 12.7. The van der Waals surface area contributed by atoms with Crippen LogP contribution < -0.4 is 14.8 Å². The standard InChI is InChI=1S/C16H27NO2/c1-5-9-17-11-14-10-15(18-4)7-8-16(14)19-12-13(3)6-2/h7-8,10,13,17H,5-6,9,11-12H2,1-4H3. The molecule has 0 fully saturated rings. The van der Waals surface area contributed by atoms with Gasteiger partial charge in [0.1, 0.15) is 11.5 Å². The number of hydrogen-bond donors (Lipinski definition) is 1. The molecule has 1 aromatic carbocycles. The Balaban J connectivity index is 2.70. The van der Waals surface area contributed by atoms with Gasteiger partial charge in [-0.1, -0.05) is 27.2 Å². The molecule has 108 valence electrons. The van der Waals surface area contributed by atoms with Crippen molar-refractivity contribution in [1.29, 1.82) is 0 Å². The van der Waals surface area contributed by atoms with Crippen LogP contribution in [0.4, 0.5) is 0 Å². The summed E-state index contributed by atoms with van der Waals surface area (Å²) >= 11 is 0. The fourth-order valence-electron chi connectivity index (χ4n) is 1.71. The van der Waals surface area contributed by atoms with E-state index in [1.807, 2.05) is 12.1 Å². The molecule has 1 rings (SSSR count).